The molecular weight excluding hydrogens is 338 g/mol. The van der Waals surface area contributed by atoms with E-state index in [2.05, 4.69) is 31.9 Å². The van der Waals surface area contributed by atoms with Gasteiger partial charge in [0.1, 0.15) is 11.6 Å². The lowest BCUT2D eigenvalue weighted by molar-refractivity contribution is 0.141. The van der Waals surface area contributed by atoms with Crippen molar-refractivity contribution in [2.75, 3.05) is 50.4 Å². The Balaban J connectivity index is 1.54. The van der Waals surface area contributed by atoms with E-state index in [1.54, 1.807) is 0 Å². The molecule has 7 heteroatoms. The smallest absolute Gasteiger partial charge is 0.185 e. The number of fused-ring (bicyclic) bond motifs is 3. The number of anilines is 2. The molecule has 0 atom stereocenters. The first kappa shape index (κ1) is 17.3. The van der Waals surface area contributed by atoms with Crippen LogP contribution >= 0.6 is 0 Å². The summed E-state index contributed by atoms with van der Waals surface area (Å²) in [6.45, 7) is 6.38. The van der Waals surface area contributed by atoms with Gasteiger partial charge in [0.05, 0.1) is 5.39 Å². The fourth-order valence-corrected chi connectivity index (χ4v) is 5.19. The Morgan fingerprint density at radius 3 is 2.56 bits per heavy atom. The summed E-state index contributed by atoms with van der Waals surface area (Å²) in [5, 5.41) is 8.42. The third-order valence-electron chi connectivity index (χ3n) is 6.83. The molecule has 27 heavy (non-hydrogen) atoms. The second-order valence-electron chi connectivity index (χ2n) is 8.53. The van der Waals surface area contributed by atoms with E-state index in [1.807, 2.05) is 0 Å². The molecular formula is C20H31N7. The molecule has 1 saturated heterocycles. The van der Waals surface area contributed by atoms with Gasteiger partial charge in [0, 0.05) is 50.9 Å². The van der Waals surface area contributed by atoms with Gasteiger partial charge in [-0.25, -0.2) is 4.98 Å². The number of hydrogen-bond acceptors (Lipinski definition) is 6. The van der Waals surface area contributed by atoms with Crippen molar-refractivity contribution in [3.05, 3.63) is 11.1 Å². The standard InChI is InChI=1S/C20H31N7/c1-25-9-11-26(12-10-25)20-16-13-27(14-5-3-2-4-6-14)8-7-15(16)17-18(21)23-24-19(17)22-20/h14H,2-13H2,1H3,(H3,21,22,23,24). The van der Waals surface area contributed by atoms with Crippen molar-refractivity contribution < 1.29 is 0 Å². The fraction of sp³-hybridized carbons (Fsp3) is 0.700. The molecule has 0 bridgehead atoms. The monoisotopic (exact) mass is 369 g/mol. The lowest BCUT2D eigenvalue weighted by atomic mass is 9.90. The van der Waals surface area contributed by atoms with E-state index in [0.29, 0.717) is 5.82 Å². The molecule has 4 heterocycles. The number of nitrogen functional groups attached to an aromatic ring is 1. The second kappa shape index (κ2) is 6.95. The Morgan fingerprint density at radius 1 is 1.00 bits per heavy atom. The quantitative estimate of drug-likeness (QED) is 0.843. The van der Waals surface area contributed by atoms with Crippen LogP contribution in [0.15, 0.2) is 0 Å². The average molecular weight is 370 g/mol. The van der Waals surface area contributed by atoms with Crippen molar-refractivity contribution in [2.24, 2.45) is 0 Å². The maximum absolute atomic E-state index is 6.23. The molecule has 0 amide bonds. The first-order valence-electron chi connectivity index (χ1n) is 10.5. The van der Waals surface area contributed by atoms with E-state index < -0.39 is 0 Å². The highest BCUT2D eigenvalue weighted by Gasteiger charge is 2.31. The summed E-state index contributed by atoms with van der Waals surface area (Å²) in [4.78, 5) is 12.6. The normalized spacial score (nSPS) is 23.1. The summed E-state index contributed by atoms with van der Waals surface area (Å²) in [6.07, 6.45) is 7.92. The van der Waals surface area contributed by atoms with Crippen LogP contribution in [0.4, 0.5) is 11.6 Å². The van der Waals surface area contributed by atoms with Crippen molar-refractivity contribution in [2.45, 2.75) is 51.1 Å². The SMILES string of the molecule is CN1CCN(c2nc3n[nH]c(N)c3c3c2CN(C2CCCCC2)CC3)CC1. The van der Waals surface area contributed by atoms with Gasteiger partial charge in [-0.15, -0.1) is 0 Å². The van der Waals surface area contributed by atoms with Gasteiger partial charge in [0.2, 0.25) is 0 Å². The Bertz CT molecular complexity index is 815. The number of piperazine rings is 1. The van der Waals surface area contributed by atoms with Crippen LogP contribution in [0.5, 0.6) is 0 Å². The van der Waals surface area contributed by atoms with Gasteiger partial charge in [0.15, 0.2) is 5.65 Å². The molecule has 2 aromatic rings. The molecule has 3 aliphatic rings. The molecule has 0 aromatic carbocycles. The third-order valence-corrected chi connectivity index (χ3v) is 6.83. The van der Waals surface area contributed by atoms with Crippen molar-refractivity contribution >= 4 is 22.7 Å². The number of nitrogens with zero attached hydrogens (tertiary/aromatic N) is 5. The minimum absolute atomic E-state index is 0.671. The Kier molecular flexibility index (Phi) is 4.44. The number of aromatic nitrogens is 3. The number of H-pyrrole nitrogens is 1. The molecule has 146 valence electrons. The summed E-state index contributed by atoms with van der Waals surface area (Å²) in [5.41, 5.74) is 9.80. The van der Waals surface area contributed by atoms with Gasteiger partial charge in [-0.3, -0.25) is 10.00 Å². The minimum atomic E-state index is 0.671. The molecule has 0 spiro atoms. The Labute approximate surface area is 160 Å². The molecule has 0 radical (unpaired) electrons. The number of likely N-dealkylation sites (N-methyl/N-ethyl adjacent to an activating group) is 1. The number of aromatic amines is 1. The van der Waals surface area contributed by atoms with Crippen molar-refractivity contribution in [1.29, 1.82) is 0 Å². The van der Waals surface area contributed by atoms with Crippen LogP contribution in [-0.4, -0.2) is 70.8 Å². The van der Waals surface area contributed by atoms with Gasteiger partial charge >= 0.3 is 0 Å². The van der Waals surface area contributed by atoms with Gasteiger partial charge < -0.3 is 15.5 Å². The van der Waals surface area contributed by atoms with Gasteiger partial charge in [0.25, 0.3) is 0 Å². The van der Waals surface area contributed by atoms with E-state index in [0.717, 1.165) is 68.6 Å². The lowest BCUT2D eigenvalue weighted by Crippen LogP contribution is -2.46. The van der Waals surface area contributed by atoms with Gasteiger partial charge in [-0.05, 0) is 31.9 Å². The Morgan fingerprint density at radius 2 is 1.78 bits per heavy atom. The topological polar surface area (TPSA) is 77.3 Å². The van der Waals surface area contributed by atoms with E-state index in [-0.39, 0.29) is 0 Å². The summed E-state index contributed by atoms with van der Waals surface area (Å²) < 4.78 is 0. The van der Waals surface area contributed by atoms with Crippen molar-refractivity contribution in [3.63, 3.8) is 0 Å². The lowest BCUT2D eigenvalue weighted by Gasteiger charge is -2.40. The number of nitrogens with one attached hydrogen (secondary N) is 1. The van der Waals surface area contributed by atoms with E-state index in [4.69, 9.17) is 10.7 Å². The largest absolute Gasteiger partial charge is 0.384 e. The second-order valence-corrected chi connectivity index (χ2v) is 8.53. The maximum Gasteiger partial charge on any atom is 0.185 e. The van der Waals surface area contributed by atoms with Crippen molar-refractivity contribution in [1.82, 2.24) is 25.0 Å². The summed E-state index contributed by atoms with van der Waals surface area (Å²) in [5.74, 6) is 1.82. The number of nitrogens with two attached hydrogens (primary N) is 1. The number of pyridine rings is 1. The van der Waals surface area contributed by atoms with Crippen LogP contribution in [-0.2, 0) is 13.0 Å². The molecule has 2 fully saturated rings. The summed E-state index contributed by atoms with van der Waals surface area (Å²) in [7, 11) is 2.20. The maximum atomic E-state index is 6.23. The van der Waals surface area contributed by atoms with Gasteiger partial charge in [-0.2, -0.15) is 5.10 Å². The predicted octanol–water partition coefficient (Wildman–Crippen LogP) is 1.98. The van der Waals surface area contributed by atoms with Crippen LogP contribution in [0.2, 0.25) is 0 Å². The highest BCUT2D eigenvalue weighted by molar-refractivity contribution is 5.92. The van der Waals surface area contributed by atoms with E-state index >= 15 is 0 Å². The van der Waals surface area contributed by atoms with Crippen LogP contribution in [0.1, 0.15) is 43.2 Å². The van der Waals surface area contributed by atoms with Crippen LogP contribution in [0.3, 0.4) is 0 Å². The fourth-order valence-electron chi connectivity index (χ4n) is 5.19. The van der Waals surface area contributed by atoms with Gasteiger partial charge in [-0.1, -0.05) is 19.3 Å². The average Bonchev–Trinajstić information content (AvgIpc) is 3.09. The third kappa shape index (κ3) is 3.06. The Hall–Kier alpha value is -1.86. The zero-order valence-electron chi connectivity index (χ0n) is 16.4. The highest BCUT2D eigenvalue weighted by atomic mass is 15.3. The molecule has 7 nitrogen and oxygen atoms in total. The molecule has 0 unspecified atom stereocenters. The first-order chi connectivity index (χ1) is 13.2. The predicted molar refractivity (Wildman–Crippen MR) is 109 cm³/mol. The first-order valence-corrected chi connectivity index (χ1v) is 10.5. The summed E-state index contributed by atoms with van der Waals surface area (Å²) in [6, 6.07) is 0.740. The zero-order chi connectivity index (χ0) is 18.4. The van der Waals surface area contributed by atoms with Crippen molar-refractivity contribution in [3.8, 4) is 0 Å². The molecule has 1 aliphatic carbocycles. The van der Waals surface area contributed by atoms with E-state index in [1.165, 1.54) is 43.2 Å². The minimum Gasteiger partial charge on any atom is -0.384 e. The molecule has 5 rings (SSSR count). The van der Waals surface area contributed by atoms with Crippen LogP contribution in [0.25, 0.3) is 11.0 Å². The molecule has 2 aliphatic heterocycles. The zero-order valence-corrected chi connectivity index (χ0v) is 16.4. The van der Waals surface area contributed by atoms with Crippen LogP contribution < -0.4 is 10.6 Å². The highest BCUT2D eigenvalue weighted by Crippen LogP contribution is 2.37. The molecule has 2 aromatic heterocycles. The number of rotatable bonds is 2. The molecule has 1 saturated carbocycles. The number of hydrogen-bond donors (Lipinski definition) is 2. The molecule has 3 N–H and O–H groups in total. The summed E-state index contributed by atoms with van der Waals surface area (Å²) >= 11 is 0. The van der Waals surface area contributed by atoms with Crippen LogP contribution in [0, 0.1) is 0 Å². The van der Waals surface area contributed by atoms with E-state index in [9.17, 15) is 0 Å².